The number of aromatic nitrogens is 5. The molecule has 0 saturated carbocycles. The number of aliphatic hydroxyl groups is 1. The summed E-state index contributed by atoms with van der Waals surface area (Å²) in [5.74, 6) is -2.24. The van der Waals surface area contributed by atoms with Crippen LogP contribution in [0.4, 0.5) is 8.78 Å². The maximum Gasteiger partial charge on any atom is 0.352 e. The largest absolute Gasteiger partial charge is 0.388 e. The lowest BCUT2D eigenvalue weighted by atomic mass is 10.0. The van der Waals surface area contributed by atoms with Crippen LogP contribution in [0.1, 0.15) is 38.1 Å². The summed E-state index contributed by atoms with van der Waals surface area (Å²) in [7, 11) is 0. The van der Waals surface area contributed by atoms with E-state index in [4.69, 9.17) is 11.6 Å². The highest BCUT2D eigenvalue weighted by Crippen LogP contribution is 2.28. The van der Waals surface area contributed by atoms with Crippen molar-refractivity contribution in [2.45, 2.75) is 39.8 Å². The van der Waals surface area contributed by atoms with Gasteiger partial charge in [-0.25, -0.2) is 18.6 Å². The van der Waals surface area contributed by atoms with Crippen molar-refractivity contribution in [1.82, 2.24) is 23.9 Å². The van der Waals surface area contributed by atoms with Gasteiger partial charge in [-0.2, -0.15) is 4.68 Å². The maximum absolute atomic E-state index is 15.2. The van der Waals surface area contributed by atoms with Crippen molar-refractivity contribution in [3.8, 4) is 11.5 Å². The molecule has 1 N–H and O–H groups in total. The molecule has 3 heterocycles. The van der Waals surface area contributed by atoms with Gasteiger partial charge < -0.3 is 5.11 Å². The van der Waals surface area contributed by atoms with Crippen molar-refractivity contribution >= 4 is 22.5 Å². The maximum atomic E-state index is 15.2. The quantitative estimate of drug-likeness (QED) is 0.478. The summed E-state index contributed by atoms with van der Waals surface area (Å²) in [6.45, 7) is 5.05. The highest BCUT2D eigenvalue weighted by molar-refractivity contribution is 6.32. The Morgan fingerprint density at radius 2 is 1.91 bits per heavy atom. The van der Waals surface area contributed by atoms with Crippen LogP contribution < -0.4 is 11.2 Å². The Bertz CT molecular complexity index is 1490. The van der Waals surface area contributed by atoms with Crippen molar-refractivity contribution in [2.75, 3.05) is 0 Å². The van der Waals surface area contributed by atoms with Crippen LogP contribution in [0, 0.1) is 11.6 Å². The lowest BCUT2D eigenvalue weighted by molar-refractivity contribution is 0.264. The van der Waals surface area contributed by atoms with E-state index in [1.54, 1.807) is 6.92 Å². The number of hydrogen-bond donors (Lipinski definition) is 1. The van der Waals surface area contributed by atoms with Crippen molar-refractivity contribution in [3.63, 3.8) is 0 Å². The molecule has 0 spiro atoms. The molecule has 0 unspecified atom stereocenters. The summed E-state index contributed by atoms with van der Waals surface area (Å²) in [6.07, 6.45) is 1.42. The molecular formula is C22H20ClF2N5O3. The van der Waals surface area contributed by atoms with Crippen LogP contribution in [0.25, 0.3) is 22.4 Å². The van der Waals surface area contributed by atoms with Crippen LogP contribution in [0.3, 0.4) is 0 Å². The molecule has 8 nitrogen and oxygen atoms in total. The van der Waals surface area contributed by atoms with Crippen molar-refractivity contribution in [1.29, 1.82) is 0 Å². The monoisotopic (exact) mass is 475 g/mol. The number of rotatable bonds is 5. The lowest BCUT2D eigenvalue weighted by Crippen LogP contribution is -2.26. The number of pyridine rings is 2. The molecule has 172 valence electrons. The van der Waals surface area contributed by atoms with Crippen molar-refractivity contribution in [3.05, 3.63) is 79.3 Å². The highest BCUT2D eigenvalue weighted by Gasteiger charge is 2.23. The van der Waals surface area contributed by atoms with E-state index in [2.05, 4.69) is 10.1 Å². The van der Waals surface area contributed by atoms with Gasteiger partial charge in [-0.3, -0.25) is 13.9 Å². The van der Waals surface area contributed by atoms with Gasteiger partial charge in [0.15, 0.2) is 17.5 Å². The van der Waals surface area contributed by atoms with Gasteiger partial charge in [0.05, 0.1) is 15.9 Å². The number of fused-ring (bicyclic) bond motifs is 1. The molecule has 4 rings (SSSR count). The topological polar surface area (TPSA) is 94.9 Å². The molecule has 0 radical (unpaired) electrons. The molecule has 4 aromatic rings. The molecule has 0 fully saturated rings. The van der Waals surface area contributed by atoms with E-state index in [1.807, 2.05) is 13.8 Å². The molecule has 0 saturated heterocycles. The Morgan fingerprint density at radius 3 is 2.48 bits per heavy atom. The van der Waals surface area contributed by atoms with Gasteiger partial charge in [0, 0.05) is 12.7 Å². The molecule has 0 bridgehead atoms. The summed E-state index contributed by atoms with van der Waals surface area (Å²) < 4.78 is 32.7. The second kappa shape index (κ2) is 8.53. The number of hydrogen-bond acceptors (Lipinski definition) is 5. The molecule has 33 heavy (non-hydrogen) atoms. The van der Waals surface area contributed by atoms with Gasteiger partial charge in [0.1, 0.15) is 18.1 Å². The standard InChI is InChI=1S/C22H20ClF2N5O3/c1-4-28-17(10-31)27-30(22(28)33)20-16(25)8-12-18(26-20)13(11(2)3)9-29(21(12)32)19-14(23)6-5-7-15(19)24/h5-9,11,31H,4,10H2,1-3H3. The molecule has 0 aliphatic heterocycles. The fourth-order valence-electron chi connectivity index (χ4n) is 3.72. The summed E-state index contributed by atoms with van der Waals surface area (Å²) in [5, 5.41) is 13.4. The van der Waals surface area contributed by atoms with Crippen LogP contribution in [0.15, 0.2) is 40.1 Å². The molecular weight excluding hydrogens is 456 g/mol. The van der Waals surface area contributed by atoms with E-state index in [-0.39, 0.29) is 39.9 Å². The first-order valence-corrected chi connectivity index (χ1v) is 10.6. The number of halogens is 3. The van der Waals surface area contributed by atoms with Crippen molar-refractivity contribution < 1.29 is 13.9 Å². The van der Waals surface area contributed by atoms with Gasteiger partial charge in [-0.15, -0.1) is 5.10 Å². The zero-order valence-electron chi connectivity index (χ0n) is 18.0. The average molecular weight is 476 g/mol. The number of aliphatic hydroxyl groups excluding tert-OH is 1. The molecule has 11 heteroatoms. The number of para-hydroxylation sites is 1. The van der Waals surface area contributed by atoms with E-state index in [0.29, 0.717) is 5.56 Å². The second-order valence-electron chi connectivity index (χ2n) is 7.69. The summed E-state index contributed by atoms with van der Waals surface area (Å²) in [6, 6.07) is 4.98. The van der Waals surface area contributed by atoms with Gasteiger partial charge in [0.25, 0.3) is 5.56 Å². The Kier molecular flexibility index (Phi) is 5.89. The first-order chi connectivity index (χ1) is 15.7. The van der Waals surface area contributed by atoms with E-state index in [9.17, 15) is 19.1 Å². The van der Waals surface area contributed by atoms with Gasteiger partial charge >= 0.3 is 5.69 Å². The molecule has 3 aromatic heterocycles. The van der Waals surface area contributed by atoms with Crippen molar-refractivity contribution in [2.24, 2.45) is 0 Å². The lowest BCUT2D eigenvalue weighted by Gasteiger charge is -2.16. The first-order valence-electron chi connectivity index (χ1n) is 10.2. The van der Waals surface area contributed by atoms with E-state index in [0.717, 1.165) is 15.3 Å². The molecule has 0 aliphatic carbocycles. The summed E-state index contributed by atoms with van der Waals surface area (Å²) in [4.78, 5) is 30.2. The zero-order valence-corrected chi connectivity index (χ0v) is 18.8. The van der Waals surface area contributed by atoms with E-state index < -0.39 is 35.3 Å². The third-order valence-electron chi connectivity index (χ3n) is 5.35. The minimum atomic E-state index is -0.973. The number of nitrogens with zero attached hydrogens (tertiary/aromatic N) is 5. The molecule has 1 aromatic carbocycles. The predicted molar refractivity (Wildman–Crippen MR) is 119 cm³/mol. The molecule has 0 amide bonds. The average Bonchev–Trinajstić information content (AvgIpc) is 3.10. The van der Waals surface area contributed by atoms with Crippen LogP contribution in [0.2, 0.25) is 5.02 Å². The third-order valence-corrected chi connectivity index (χ3v) is 5.65. The fraction of sp³-hybridized carbons (Fsp3) is 0.273. The normalized spacial score (nSPS) is 11.6. The molecule has 0 aliphatic rings. The van der Waals surface area contributed by atoms with E-state index >= 15 is 4.39 Å². The van der Waals surface area contributed by atoms with Crippen LogP contribution in [-0.2, 0) is 13.2 Å². The molecule has 0 atom stereocenters. The third kappa shape index (κ3) is 3.65. The Morgan fingerprint density at radius 1 is 1.18 bits per heavy atom. The van der Waals surface area contributed by atoms with Crippen LogP contribution in [0.5, 0.6) is 0 Å². The first kappa shape index (κ1) is 22.8. The fourth-order valence-corrected chi connectivity index (χ4v) is 3.97. The zero-order chi connectivity index (χ0) is 24.0. The summed E-state index contributed by atoms with van der Waals surface area (Å²) in [5.41, 5.74) is -0.885. The predicted octanol–water partition coefficient (Wildman–Crippen LogP) is 3.30. The second-order valence-corrected chi connectivity index (χ2v) is 8.09. The Balaban J connectivity index is 2.08. The minimum absolute atomic E-state index is 0.0180. The Hall–Kier alpha value is -3.37. The summed E-state index contributed by atoms with van der Waals surface area (Å²) >= 11 is 6.16. The number of benzene rings is 1. The van der Waals surface area contributed by atoms with Gasteiger partial charge in [-0.1, -0.05) is 31.5 Å². The highest BCUT2D eigenvalue weighted by atomic mass is 35.5. The van der Waals surface area contributed by atoms with E-state index in [1.165, 1.54) is 29.0 Å². The van der Waals surface area contributed by atoms with Gasteiger partial charge in [-0.05, 0) is 36.6 Å². The SMILES string of the molecule is CCn1c(CO)nn(-c2nc3c(C(C)C)cn(-c4c(F)cccc4Cl)c(=O)c3cc2F)c1=O. The smallest absolute Gasteiger partial charge is 0.352 e. The van der Waals surface area contributed by atoms with Gasteiger partial charge in [0.2, 0.25) is 0 Å². The minimum Gasteiger partial charge on any atom is -0.388 e. The van der Waals surface area contributed by atoms with Crippen LogP contribution >= 0.6 is 11.6 Å². The van der Waals surface area contributed by atoms with Crippen LogP contribution in [-0.4, -0.2) is 29.0 Å². The Labute approximate surface area is 191 Å².